The van der Waals surface area contributed by atoms with Crippen molar-refractivity contribution in [3.05, 3.63) is 94.1 Å². The molecular formula is C24H22BrN3O. The monoisotopic (exact) mass is 447 g/mol. The Morgan fingerprint density at radius 2 is 1.76 bits per heavy atom. The van der Waals surface area contributed by atoms with Crippen LogP contribution >= 0.6 is 15.9 Å². The van der Waals surface area contributed by atoms with E-state index in [1.165, 1.54) is 16.7 Å². The molecule has 0 fully saturated rings. The second kappa shape index (κ2) is 8.23. The number of hydrogen-bond acceptors (Lipinski definition) is 2. The van der Waals surface area contributed by atoms with Crippen LogP contribution in [0.4, 0.5) is 0 Å². The molecule has 1 heterocycles. The van der Waals surface area contributed by atoms with E-state index in [2.05, 4.69) is 93.5 Å². The lowest BCUT2D eigenvalue weighted by Crippen LogP contribution is -2.31. The summed E-state index contributed by atoms with van der Waals surface area (Å²) < 4.78 is 3.26. The van der Waals surface area contributed by atoms with Crippen molar-refractivity contribution in [1.29, 1.82) is 0 Å². The van der Waals surface area contributed by atoms with Crippen LogP contribution in [-0.2, 0) is 17.8 Å². The molecule has 0 spiro atoms. The summed E-state index contributed by atoms with van der Waals surface area (Å²) in [6.07, 6.45) is 0.256. The van der Waals surface area contributed by atoms with Crippen LogP contribution in [-0.4, -0.2) is 10.5 Å². The summed E-state index contributed by atoms with van der Waals surface area (Å²) in [7, 11) is 0. The minimum atomic E-state index is -0.196. The maximum Gasteiger partial charge on any atom is 0.238 e. The van der Waals surface area contributed by atoms with Gasteiger partial charge >= 0.3 is 0 Å². The number of rotatable bonds is 5. The second-order valence-corrected chi connectivity index (χ2v) is 8.04. The minimum Gasteiger partial charge on any atom is -0.340 e. The van der Waals surface area contributed by atoms with Crippen LogP contribution in [0.2, 0.25) is 0 Å². The summed E-state index contributed by atoms with van der Waals surface area (Å²) in [6.45, 7) is 2.79. The van der Waals surface area contributed by atoms with Crippen molar-refractivity contribution in [2.45, 2.75) is 19.9 Å². The highest BCUT2D eigenvalue weighted by atomic mass is 79.9. The number of fused-ring (bicyclic) bond motifs is 1. The number of nitrogens with two attached hydrogens (primary N) is 1. The standard InChI is InChI=1S/C24H22BrN3O/c1-16-21(14-24(29)27-26)22-13-20(25)10-11-23(22)28(16)15-17-6-5-9-19(12-17)18-7-3-2-4-8-18/h2-13H,14-15,26H2,1H3,(H,27,29). The van der Waals surface area contributed by atoms with Gasteiger partial charge in [0.05, 0.1) is 6.42 Å². The van der Waals surface area contributed by atoms with Gasteiger partial charge in [0.1, 0.15) is 0 Å². The van der Waals surface area contributed by atoms with Crippen molar-refractivity contribution in [2.75, 3.05) is 0 Å². The maximum atomic E-state index is 12.0. The first kappa shape index (κ1) is 19.4. The Labute approximate surface area is 178 Å². The Balaban J connectivity index is 1.77. The molecule has 0 bridgehead atoms. The van der Waals surface area contributed by atoms with Gasteiger partial charge in [-0.05, 0) is 53.4 Å². The summed E-state index contributed by atoms with van der Waals surface area (Å²) in [5.41, 5.74) is 9.04. The summed E-state index contributed by atoms with van der Waals surface area (Å²) in [4.78, 5) is 12.0. The molecule has 0 atom stereocenters. The first-order chi connectivity index (χ1) is 14.1. The maximum absolute atomic E-state index is 12.0. The van der Waals surface area contributed by atoms with E-state index in [-0.39, 0.29) is 12.3 Å². The number of carbonyl (C=O) groups is 1. The minimum absolute atomic E-state index is 0.196. The first-order valence-corrected chi connectivity index (χ1v) is 10.3. The number of nitrogens with one attached hydrogen (secondary N) is 1. The van der Waals surface area contributed by atoms with Gasteiger partial charge in [0, 0.05) is 27.6 Å². The third-order valence-corrected chi connectivity index (χ3v) is 5.78. The smallest absolute Gasteiger partial charge is 0.238 e. The Kier molecular flexibility index (Phi) is 5.51. The predicted octanol–water partition coefficient (Wildman–Crippen LogP) is 4.96. The topological polar surface area (TPSA) is 60.1 Å². The zero-order valence-corrected chi connectivity index (χ0v) is 17.7. The van der Waals surface area contributed by atoms with Gasteiger partial charge in [0.2, 0.25) is 5.91 Å². The zero-order valence-electron chi connectivity index (χ0n) is 16.2. The number of carbonyl (C=O) groups excluding carboxylic acids is 1. The average molecular weight is 448 g/mol. The summed E-state index contributed by atoms with van der Waals surface area (Å²) in [5, 5.41) is 1.07. The van der Waals surface area contributed by atoms with Gasteiger partial charge in [-0.3, -0.25) is 10.2 Å². The van der Waals surface area contributed by atoms with Crippen LogP contribution in [0.3, 0.4) is 0 Å². The highest BCUT2D eigenvalue weighted by Gasteiger charge is 2.17. The van der Waals surface area contributed by atoms with Crippen LogP contribution < -0.4 is 11.3 Å². The lowest BCUT2D eigenvalue weighted by molar-refractivity contribution is -0.120. The molecule has 0 saturated carbocycles. The number of aromatic nitrogens is 1. The van der Waals surface area contributed by atoms with E-state index in [0.717, 1.165) is 33.2 Å². The van der Waals surface area contributed by atoms with Gasteiger partial charge in [0.15, 0.2) is 0 Å². The molecule has 3 aromatic carbocycles. The molecule has 4 nitrogen and oxygen atoms in total. The zero-order chi connectivity index (χ0) is 20.4. The molecule has 0 aliphatic rings. The SMILES string of the molecule is Cc1c(CC(=O)NN)c2cc(Br)ccc2n1Cc1cccc(-c2ccccc2)c1. The number of halogens is 1. The van der Waals surface area contributed by atoms with E-state index in [4.69, 9.17) is 5.84 Å². The van der Waals surface area contributed by atoms with Crippen LogP contribution in [0.15, 0.2) is 77.3 Å². The van der Waals surface area contributed by atoms with Crippen molar-refractivity contribution < 1.29 is 4.79 Å². The van der Waals surface area contributed by atoms with E-state index in [0.29, 0.717) is 0 Å². The molecule has 5 heteroatoms. The molecular weight excluding hydrogens is 426 g/mol. The molecule has 0 radical (unpaired) electrons. The molecule has 0 saturated heterocycles. The van der Waals surface area contributed by atoms with Gasteiger partial charge < -0.3 is 4.57 Å². The van der Waals surface area contributed by atoms with Crippen molar-refractivity contribution >= 4 is 32.7 Å². The Hall–Kier alpha value is -2.89. The van der Waals surface area contributed by atoms with E-state index >= 15 is 0 Å². The largest absolute Gasteiger partial charge is 0.340 e. The van der Waals surface area contributed by atoms with Crippen molar-refractivity contribution in [3.8, 4) is 11.1 Å². The average Bonchev–Trinajstić information content (AvgIpc) is 2.99. The van der Waals surface area contributed by atoms with Gasteiger partial charge in [0.25, 0.3) is 0 Å². The molecule has 146 valence electrons. The molecule has 4 rings (SSSR count). The fourth-order valence-corrected chi connectivity index (χ4v) is 4.19. The summed E-state index contributed by atoms with van der Waals surface area (Å²) >= 11 is 3.55. The molecule has 1 aromatic heterocycles. The lowest BCUT2D eigenvalue weighted by Gasteiger charge is -2.11. The predicted molar refractivity (Wildman–Crippen MR) is 121 cm³/mol. The van der Waals surface area contributed by atoms with Gasteiger partial charge in [-0.25, -0.2) is 5.84 Å². The first-order valence-electron chi connectivity index (χ1n) is 9.48. The molecule has 4 aromatic rings. The summed E-state index contributed by atoms with van der Waals surface area (Å²) in [5.74, 6) is 5.13. The Bertz CT molecular complexity index is 1180. The molecule has 29 heavy (non-hydrogen) atoms. The quantitative estimate of drug-likeness (QED) is 0.258. The third-order valence-electron chi connectivity index (χ3n) is 5.29. The van der Waals surface area contributed by atoms with E-state index in [9.17, 15) is 4.79 Å². The van der Waals surface area contributed by atoms with Crippen LogP contribution in [0, 0.1) is 6.92 Å². The van der Waals surface area contributed by atoms with Gasteiger partial charge in [-0.1, -0.05) is 64.5 Å². The van der Waals surface area contributed by atoms with Crippen LogP contribution in [0.25, 0.3) is 22.0 Å². The number of nitrogens with zero attached hydrogens (tertiary/aromatic N) is 1. The van der Waals surface area contributed by atoms with Gasteiger partial charge in [-0.2, -0.15) is 0 Å². The number of hydrogen-bond donors (Lipinski definition) is 2. The molecule has 0 aliphatic carbocycles. The normalized spacial score (nSPS) is 11.0. The van der Waals surface area contributed by atoms with E-state index < -0.39 is 0 Å². The van der Waals surface area contributed by atoms with E-state index in [1.54, 1.807) is 0 Å². The summed E-state index contributed by atoms with van der Waals surface area (Å²) in [6, 6.07) is 25.2. The third kappa shape index (κ3) is 3.97. The number of benzene rings is 3. The second-order valence-electron chi connectivity index (χ2n) is 7.12. The fraction of sp³-hybridized carbons (Fsp3) is 0.125. The van der Waals surface area contributed by atoms with E-state index in [1.807, 2.05) is 12.1 Å². The number of hydrazine groups is 1. The van der Waals surface area contributed by atoms with Crippen molar-refractivity contribution in [3.63, 3.8) is 0 Å². The Morgan fingerprint density at radius 1 is 1.00 bits per heavy atom. The highest BCUT2D eigenvalue weighted by Crippen LogP contribution is 2.30. The molecule has 1 amide bonds. The van der Waals surface area contributed by atoms with Crippen molar-refractivity contribution in [1.82, 2.24) is 9.99 Å². The van der Waals surface area contributed by atoms with Gasteiger partial charge in [-0.15, -0.1) is 0 Å². The van der Waals surface area contributed by atoms with Crippen LogP contribution in [0.5, 0.6) is 0 Å². The molecule has 0 unspecified atom stereocenters. The highest BCUT2D eigenvalue weighted by molar-refractivity contribution is 9.10. The fourth-order valence-electron chi connectivity index (χ4n) is 3.82. The lowest BCUT2D eigenvalue weighted by atomic mass is 10.0. The number of amides is 1. The van der Waals surface area contributed by atoms with Crippen LogP contribution in [0.1, 0.15) is 16.8 Å². The van der Waals surface area contributed by atoms with Crippen molar-refractivity contribution in [2.24, 2.45) is 5.84 Å². The molecule has 3 N–H and O–H groups in total. The molecule has 0 aliphatic heterocycles. The Morgan fingerprint density at radius 3 is 2.52 bits per heavy atom.